The SMILES string of the molecule is C=CC/C(Cl)=C\N=C(CC(=C)CC)C(=C)C(C)CC1CCOC1. The van der Waals surface area contributed by atoms with E-state index in [1.807, 2.05) is 0 Å². The summed E-state index contributed by atoms with van der Waals surface area (Å²) in [6, 6.07) is 0. The minimum Gasteiger partial charge on any atom is -0.381 e. The summed E-state index contributed by atoms with van der Waals surface area (Å²) in [5.74, 6) is 1.02. The Morgan fingerprint density at radius 2 is 2.17 bits per heavy atom. The molecule has 2 unspecified atom stereocenters. The molecule has 0 saturated carbocycles. The molecule has 0 aromatic rings. The van der Waals surface area contributed by atoms with Gasteiger partial charge in [-0.25, -0.2) is 0 Å². The second-order valence-electron chi connectivity index (χ2n) is 6.32. The lowest BCUT2D eigenvalue weighted by Gasteiger charge is -2.20. The molecule has 1 aliphatic rings. The quantitative estimate of drug-likeness (QED) is 0.351. The fourth-order valence-electron chi connectivity index (χ4n) is 2.64. The van der Waals surface area contributed by atoms with Crippen LogP contribution in [0.4, 0.5) is 0 Å². The van der Waals surface area contributed by atoms with Gasteiger partial charge in [0.2, 0.25) is 0 Å². The highest BCUT2D eigenvalue weighted by atomic mass is 35.5. The number of nitrogens with zero attached hydrogens (tertiary/aromatic N) is 1. The van der Waals surface area contributed by atoms with Crippen molar-refractivity contribution >= 4 is 17.3 Å². The summed E-state index contributed by atoms with van der Waals surface area (Å²) in [5.41, 5.74) is 3.24. The molecule has 0 spiro atoms. The zero-order valence-electron chi connectivity index (χ0n) is 14.6. The van der Waals surface area contributed by atoms with Crippen molar-refractivity contribution in [2.75, 3.05) is 13.2 Å². The Labute approximate surface area is 146 Å². The number of halogens is 1. The van der Waals surface area contributed by atoms with E-state index in [-0.39, 0.29) is 0 Å². The van der Waals surface area contributed by atoms with Crippen molar-refractivity contribution in [2.24, 2.45) is 16.8 Å². The van der Waals surface area contributed by atoms with E-state index >= 15 is 0 Å². The van der Waals surface area contributed by atoms with Crippen LogP contribution in [0.2, 0.25) is 0 Å². The highest BCUT2D eigenvalue weighted by molar-refractivity contribution is 6.29. The van der Waals surface area contributed by atoms with Crippen LogP contribution in [-0.4, -0.2) is 18.9 Å². The third kappa shape index (κ3) is 7.32. The Hall–Kier alpha value is -1.12. The lowest BCUT2D eigenvalue weighted by atomic mass is 9.86. The number of ether oxygens (including phenoxy) is 1. The topological polar surface area (TPSA) is 21.6 Å². The first kappa shape index (κ1) is 19.9. The average molecular weight is 336 g/mol. The molecule has 23 heavy (non-hydrogen) atoms. The first-order chi connectivity index (χ1) is 11.0. The van der Waals surface area contributed by atoms with E-state index < -0.39 is 0 Å². The van der Waals surface area contributed by atoms with Crippen LogP contribution in [0, 0.1) is 11.8 Å². The molecule has 1 heterocycles. The summed E-state index contributed by atoms with van der Waals surface area (Å²) >= 11 is 6.13. The molecular weight excluding hydrogens is 306 g/mol. The Kier molecular flexibility index (Phi) is 9.20. The molecule has 1 saturated heterocycles. The van der Waals surface area contributed by atoms with Crippen molar-refractivity contribution in [1.29, 1.82) is 0 Å². The van der Waals surface area contributed by atoms with Crippen molar-refractivity contribution in [3.05, 3.63) is 48.2 Å². The van der Waals surface area contributed by atoms with E-state index in [1.54, 1.807) is 12.3 Å². The van der Waals surface area contributed by atoms with Crippen LogP contribution in [-0.2, 0) is 4.74 Å². The molecule has 2 atom stereocenters. The summed E-state index contributed by atoms with van der Waals surface area (Å²) < 4.78 is 5.48. The van der Waals surface area contributed by atoms with Crippen molar-refractivity contribution < 1.29 is 4.74 Å². The molecule has 3 heteroatoms. The van der Waals surface area contributed by atoms with E-state index in [2.05, 4.69) is 38.6 Å². The lowest BCUT2D eigenvalue weighted by Crippen LogP contribution is -2.14. The van der Waals surface area contributed by atoms with Gasteiger partial charge < -0.3 is 4.74 Å². The van der Waals surface area contributed by atoms with E-state index in [1.165, 1.54) is 0 Å². The first-order valence-electron chi connectivity index (χ1n) is 8.43. The molecule has 1 rings (SSSR count). The smallest absolute Gasteiger partial charge is 0.0495 e. The second kappa shape index (κ2) is 10.6. The maximum atomic E-state index is 6.13. The number of aliphatic imine (C=N–C) groups is 1. The van der Waals surface area contributed by atoms with Gasteiger partial charge in [-0.05, 0) is 36.7 Å². The number of hydrogen-bond acceptors (Lipinski definition) is 2. The van der Waals surface area contributed by atoms with E-state index in [0.29, 0.717) is 23.3 Å². The van der Waals surface area contributed by atoms with Gasteiger partial charge in [-0.1, -0.05) is 50.3 Å². The van der Waals surface area contributed by atoms with E-state index in [0.717, 1.165) is 55.8 Å². The molecule has 0 aromatic carbocycles. The Balaban J connectivity index is 2.81. The van der Waals surface area contributed by atoms with Crippen LogP contribution in [0.1, 0.15) is 46.0 Å². The van der Waals surface area contributed by atoms with Gasteiger partial charge in [-0.15, -0.1) is 6.58 Å². The maximum absolute atomic E-state index is 6.13. The van der Waals surface area contributed by atoms with Gasteiger partial charge in [-0.2, -0.15) is 0 Å². The second-order valence-corrected chi connectivity index (χ2v) is 6.80. The summed E-state index contributed by atoms with van der Waals surface area (Å²) in [4.78, 5) is 4.61. The zero-order chi connectivity index (χ0) is 17.2. The number of allylic oxidation sites excluding steroid dienone is 4. The molecule has 128 valence electrons. The zero-order valence-corrected chi connectivity index (χ0v) is 15.4. The number of rotatable bonds is 10. The van der Waals surface area contributed by atoms with Gasteiger partial charge in [0.25, 0.3) is 0 Å². The lowest BCUT2D eigenvalue weighted by molar-refractivity contribution is 0.182. The summed E-state index contributed by atoms with van der Waals surface area (Å²) in [5, 5.41) is 0.684. The van der Waals surface area contributed by atoms with Crippen molar-refractivity contribution in [3.63, 3.8) is 0 Å². The average Bonchev–Trinajstić information content (AvgIpc) is 3.03. The van der Waals surface area contributed by atoms with Gasteiger partial charge >= 0.3 is 0 Å². The van der Waals surface area contributed by atoms with Gasteiger partial charge in [0.1, 0.15) is 0 Å². The highest BCUT2D eigenvalue weighted by Gasteiger charge is 2.21. The molecule has 0 N–H and O–H groups in total. The molecular formula is C20H30ClNO. The Morgan fingerprint density at radius 3 is 2.74 bits per heavy atom. The molecule has 0 aliphatic carbocycles. The predicted molar refractivity (Wildman–Crippen MR) is 102 cm³/mol. The minimum absolute atomic E-state index is 0.386. The van der Waals surface area contributed by atoms with E-state index in [9.17, 15) is 0 Å². The predicted octanol–water partition coefficient (Wildman–Crippen LogP) is 6.06. The molecule has 1 fully saturated rings. The van der Waals surface area contributed by atoms with Gasteiger partial charge in [0.15, 0.2) is 0 Å². The van der Waals surface area contributed by atoms with Crippen molar-refractivity contribution in [2.45, 2.75) is 46.0 Å². The van der Waals surface area contributed by atoms with Crippen LogP contribution in [0.25, 0.3) is 0 Å². The monoisotopic (exact) mass is 335 g/mol. The van der Waals surface area contributed by atoms with Crippen LogP contribution in [0.15, 0.2) is 53.2 Å². The largest absolute Gasteiger partial charge is 0.381 e. The molecule has 0 amide bonds. The molecule has 2 nitrogen and oxygen atoms in total. The fraction of sp³-hybridized carbons (Fsp3) is 0.550. The highest BCUT2D eigenvalue weighted by Crippen LogP contribution is 2.27. The van der Waals surface area contributed by atoms with Crippen LogP contribution in [0.5, 0.6) is 0 Å². The van der Waals surface area contributed by atoms with Crippen LogP contribution < -0.4 is 0 Å². The minimum atomic E-state index is 0.386. The first-order valence-corrected chi connectivity index (χ1v) is 8.81. The summed E-state index contributed by atoms with van der Waals surface area (Å²) in [6.07, 6.45) is 8.08. The van der Waals surface area contributed by atoms with Crippen molar-refractivity contribution in [3.8, 4) is 0 Å². The van der Waals surface area contributed by atoms with E-state index in [4.69, 9.17) is 16.3 Å². The summed E-state index contributed by atoms with van der Waals surface area (Å²) in [6.45, 7) is 18.2. The van der Waals surface area contributed by atoms with Crippen molar-refractivity contribution in [1.82, 2.24) is 0 Å². The maximum Gasteiger partial charge on any atom is 0.0495 e. The van der Waals surface area contributed by atoms with Gasteiger partial charge in [0.05, 0.1) is 0 Å². The third-order valence-corrected chi connectivity index (χ3v) is 4.55. The third-order valence-electron chi connectivity index (χ3n) is 4.29. The normalized spacial score (nSPS) is 20.4. The van der Waals surface area contributed by atoms with Gasteiger partial charge in [-0.3, -0.25) is 4.99 Å². The molecule has 0 bridgehead atoms. The fourth-order valence-corrected chi connectivity index (χ4v) is 2.80. The van der Waals surface area contributed by atoms with Crippen LogP contribution >= 0.6 is 11.6 Å². The molecule has 0 radical (unpaired) electrons. The Bertz CT molecular complexity index is 484. The molecule has 0 aromatic heterocycles. The van der Waals surface area contributed by atoms with Gasteiger partial charge in [0, 0.05) is 43.0 Å². The number of hydrogen-bond donors (Lipinski definition) is 0. The van der Waals surface area contributed by atoms with Crippen LogP contribution in [0.3, 0.4) is 0 Å². The molecule has 1 aliphatic heterocycles. The summed E-state index contributed by atoms with van der Waals surface area (Å²) in [7, 11) is 0. The standard InChI is InChI=1S/C20H30ClNO/c1-6-8-19(21)13-22-20(11-15(3)7-2)17(5)16(4)12-18-9-10-23-14-18/h6,13,16,18H,1,3,5,7-12,14H2,2,4H3/b19-13+,22-20?. The Morgan fingerprint density at radius 1 is 1.43 bits per heavy atom.